The Labute approximate surface area is 111 Å². The number of pyridine rings is 1. The molecule has 0 aliphatic rings. The second kappa shape index (κ2) is 5.52. The second-order valence-electron chi connectivity index (χ2n) is 4.14. The number of nitrogens with zero attached hydrogens (tertiary/aromatic N) is 1. The summed E-state index contributed by atoms with van der Waals surface area (Å²) in [6.07, 6.45) is 0. The minimum Gasteiger partial charge on any atom is -0.447 e. The predicted molar refractivity (Wildman–Crippen MR) is 69.6 cm³/mol. The first-order valence-electron chi connectivity index (χ1n) is 5.70. The fraction of sp³-hybridized carbons (Fsp3) is 0.250. The summed E-state index contributed by atoms with van der Waals surface area (Å²) < 4.78 is 27.2. The van der Waals surface area contributed by atoms with Gasteiger partial charge in [0.15, 0.2) is 0 Å². The van der Waals surface area contributed by atoms with Crippen LogP contribution in [0.5, 0.6) is 0 Å². The highest BCUT2D eigenvalue weighted by Crippen LogP contribution is 2.11. The monoisotopic (exact) mass is 281 g/mol. The lowest BCUT2D eigenvalue weighted by molar-refractivity contribution is 0.402. The van der Waals surface area contributed by atoms with Crippen LogP contribution in [0.2, 0.25) is 0 Å². The zero-order valence-corrected chi connectivity index (χ0v) is 11.3. The first-order chi connectivity index (χ1) is 8.95. The third kappa shape index (κ3) is 3.88. The Hall–Kier alpha value is -1.70. The zero-order valence-electron chi connectivity index (χ0n) is 10.5. The number of aryl methyl sites for hydroxylation is 1. The van der Waals surface area contributed by atoms with E-state index in [-0.39, 0.29) is 5.09 Å². The topological polar surface area (TPSA) is 98.2 Å². The SMILES string of the molecule is Cc1cccc(CNCc2ccc(S(N)(=O)=O)o2)n1. The van der Waals surface area contributed by atoms with Crippen LogP contribution in [-0.4, -0.2) is 13.4 Å². The standard InChI is InChI=1S/C12H15N3O3S/c1-9-3-2-4-10(15-9)7-14-8-11-5-6-12(18-11)19(13,16)17/h2-6,14H,7-8H2,1H3,(H2,13,16,17). The van der Waals surface area contributed by atoms with Crippen molar-refractivity contribution in [2.45, 2.75) is 25.1 Å². The Balaban J connectivity index is 1.91. The van der Waals surface area contributed by atoms with Gasteiger partial charge in [0.05, 0.1) is 12.2 Å². The van der Waals surface area contributed by atoms with E-state index in [4.69, 9.17) is 9.56 Å². The van der Waals surface area contributed by atoms with Gasteiger partial charge in [-0.2, -0.15) is 0 Å². The molecule has 0 saturated heterocycles. The molecular weight excluding hydrogens is 266 g/mol. The number of hydrogen-bond donors (Lipinski definition) is 2. The van der Waals surface area contributed by atoms with Crippen molar-refractivity contribution in [1.82, 2.24) is 10.3 Å². The van der Waals surface area contributed by atoms with E-state index in [1.54, 1.807) is 6.07 Å². The van der Waals surface area contributed by atoms with Gasteiger partial charge >= 0.3 is 0 Å². The zero-order chi connectivity index (χ0) is 13.9. The van der Waals surface area contributed by atoms with Crippen LogP contribution in [0.1, 0.15) is 17.1 Å². The fourth-order valence-electron chi connectivity index (χ4n) is 1.62. The van der Waals surface area contributed by atoms with Crippen molar-refractivity contribution in [3.05, 3.63) is 47.5 Å². The molecule has 0 unspecified atom stereocenters. The van der Waals surface area contributed by atoms with E-state index in [9.17, 15) is 8.42 Å². The molecule has 0 aliphatic heterocycles. The molecule has 2 rings (SSSR count). The molecule has 0 atom stereocenters. The van der Waals surface area contributed by atoms with Gasteiger partial charge in [0.25, 0.3) is 10.0 Å². The van der Waals surface area contributed by atoms with Crippen molar-refractivity contribution in [2.75, 3.05) is 0 Å². The summed E-state index contributed by atoms with van der Waals surface area (Å²) >= 11 is 0. The van der Waals surface area contributed by atoms with Crippen LogP contribution < -0.4 is 10.5 Å². The molecule has 0 amide bonds. The number of sulfonamides is 1. The Morgan fingerprint density at radius 1 is 1.26 bits per heavy atom. The fourth-order valence-corrected chi connectivity index (χ4v) is 2.10. The molecular formula is C12H15N3O3S. The highest BCUT2D eigenvalue weighted by Gasteiger charge is 2.12. The molecule has 0 aromatic carbocycles. The van der Waals surface area contributed by atoms with Crippen LogP contribution in [0.4, 0.5) is 0 Å². The number of hydrogen-bond acceptors (Lipinski definition) is 5. The van der Waals surface area contributed by atoms with Crippen LogP contribution in [0.15, 0.2) is 39.8 Å². The molecule has 0 saturated carbocycles. The average molecular weight is 281 g/mol. The van der Waals surface area contributed by atoms with Crippen molar-refractivity contribution < 1.29 is 12.8 Å². The Morgan fingerprint density at radius 3 is 2.68 bits per heavy atom. The minimum absolute atomic E-state index is 0.224. The molecule has 0 aliphatic carbocycles. The van der Waals surface area contributed by atoms with Gasteiger partial charge in [0.1, 0.15) is 5.76 Å². The van der Waals surface area contributed by atoms with Gasteiger partial charge in [-0.15, -0.1) is 0 Å². The number of aromatic nitrogens is 1. The summed E-state index contributed by atoms with van der Waals surface area (Å²) in [6.45, 7) is 2.91. The number of primary sulfonamides is 1. The van der Waals surface area contributed by atoms with Crippen LogP contribution in [0.25, 0.3) is 0 Å². The maximum atomic E-state index is 11.0. The van der Waals surface area contributed by atoms with Crippen molar-refractivity contribution in [1.29, 1.82) is 0 Å². The van der Waals surface area contributed by atoms with Gasteiger partial charge in [-0.1, -0.05) is 6.07 Å². The van der Waals surface area contributed by atoms with Crippen LogP contribution in [-0.2, 0) is 23.1 Å². The maximum absolute atomic E-state index is 11.0. The van der Waals surface area contributed by atoms with Gasteiger partial charge < -0.3 is 9.73 Å². The Kier molecular flexibility index (Phi) is 3.98. The first-order valence-corrected chi connectivity index (χ1v) is 7.24. The molecule has 0 radical (unpaired) electrons. The first kappa shape index (κ1) is 13.7. The molecule has 2 heterocycles. The molecule has 0 bridgehead atoms. The normalized spacial score (nSPS) is 11.7. The lowest BCUT2D eigenvalue weighted by Gasteiger charge is -2.03. The van der Waals surface area contributed by atoms with E-state index in [1.165, 1.54) is 6.07 Å². The van der Waals surface area contributed by atoms with Crippen LogP contribution in [0, 0.1) is 6.92 Å². The summed E-state index contributed by atoms with van der Waals surface area (Å²) in [7, 11) is -3.77. The predicted octanol–water partition coefficient (Wildman–Crippen LogP) is 0.920. The lowest BCUT2D eigenvalue weighted by atomic mass is 10.3. The van der Waals surface area contributed by atoms with Gasteiger partial charge in [-0.05, 0) is 31.2 Å². The van der Waals surface area contributed by atoms with E-state index in [1.807, 2.05) is 25.1 Å². The highest BCUT2D eigenvalue weighted by atomic mass is 32.2. The molecule has 2 aromatic rings. The van der Waals surface area contributed by atoms with Crippen LogP contribution >= 0.6 is 0 Å². The van der Waals surface area contributed by atoms with Crippen molar-refractivity contribution in [3.8, 4) is 0 Å². The molecule has 6 nitrogen and oxygen atoms in total. The highest BCUT2D eigenvalue weighted by molar-refractivity contribution is 7.89. The summed E-state index contributed by atoms with van der Waals surface area (Å²) in [5.41, 5.74) is 1.87. The molecule has 2 aromatic heterocycles. The second-order valence-corrected chi connectivity index (χ2v) is 5.63. The van der Waals surface area contributed by atoms with E-state index in [0.29, 0.717) is 18.8 Å². The number of furan rings is 1. The van der Waals surface area contributed by atoms with Gasteiger partial charge in [0.2, 0.25) is 5.09 Å². The summed E-state index contributed by atoms with van der Waals surface area (Å²) in [5.74, 6) is 0.511. The van der Waals surface area contributed by atoms with Crippen LogP contribution in [0.3, 0.4) is 0 Å². The molecule has 102 valence electrons. The van der Waals surface area contributed by atoms with Gasteiger partial charge in [0, 0.05) is 12.2 Å². The number of rotatable bonds is 5. The van der Waals surface area contributed by atoms with E-state index < -0.39 is 10.0 Å². The quantitative estimate of drug-likeness (QED) is 0.849. The van der Waals surface area contributed by atoms with Crippen molar-refractivity contribution in [3.63, 3.8) is 0 Å². The van der Waals surface area contributed by atoms with Crippen molar-refractivity contribution >= 4 is 10.0 Å². The maximum Gasteiger partial charge on any atom is 0.271 e. The van der Waals surface area contributed by atoms with Gasteiger partial charge in [-0.3, -0.25) is 4.98 Å². The molecule has 0 fully saturated rings. The van der Waals surface area contributed by atoms with Crippen molar-refractivity contribution in [2.24, 2.45) is 5.14 Å². The summed E-state index contributed by atoms with van der Waals surface area (Å²) in [6, 6.07) is 8.70. The summed E-state index contributed by atoms with van der Waals surface area (Å²) in [5, 5.41) is 7.85. The molecule has 7 heteroatoms. The number of nitrogens with two attached hydrogens (primary N) is 1. The Morgan fingerprint density at radius 2 is 2.05 bits per heavy atom. The van der Waals surface area contributed by atoms with Gasteiger partial charge in [-0.25, -0.2) is 13.6 Å². The van der Waals surface area contributed by atoms with E-state index in [0.717, 1.165) is 11.4 Å². The third-order valence-electron chi connectivity index (χ3n) is 2.47. The average Bonchev–Trinajstić information content (AvgIpc) is 2.77. The third-order valence-corrected chi connectivity index (χ3v) is 3.25. The smallest absolute Gasteiger partial charge is 0.271 e. The summed E-state index contributed by atoms with van der Waals surface area (Å²) in [4.78, 5) is 4.34. The largest absolute Gasteiger partial charge is 0.447 e. The molecule has 0 spiro atoms. The molecule has 19 heavy (non-hydrogen) atoms. The Bertz CT molecular complexity index is 664. The minimum atomic E-state index is -3.77. The van der Waals surface area contributed by atoms with E-state index >= 15 is 0 Å². The van der Waals surface area contributed by atoms with E-state index in [2.05, 4.69) is 10.3 Å². The number of nitrogens with one attached hydrogen (secondary N) is 1. The lowest BCUT2D eigenvalue weighted by Crippen LogP contribution is -2.14. The molecule has 3 N–H and O–H groups in total.